The molecule has 0 atom stereocenters. The first-order valence-electron chi connectivity index (χ1n) is 6.95. The molecule has 2 aromatic rings. The highest BCUT2D eigenvalue weighted by atomic mass is 16.5. The molecule has 1 heterocycles. The van der Waals surface area contributed by atoms with E-state index in [0.717, 1.165) is 12.0 Å². The molecule has 3 nitrogen and oxygen atoms in total. The van der Waals surface area contributed by atoms with Crippen LogP contribution in [0.15, 0.2) is 48.8 Å². The van der Waals surface area contributed by atoms with Crippen molar-refractivity contribution in [2.75, 3.05) is 6.61 Å². The summed E-state index contributed by atoms with van der Waals surface area (Å²) in [4.78, 5) is 16.4. The lowest BCUT2D eigenvalue weighted by Crippen LogP contribution is -2.06. The number of pyridine rings is 1. The number of carbonyl (C=O) groups is 1. The normalized spacial score (nSPS) is 10.2. The zero-order valence-corrected chi connectivity index (χ0v) is 11.7. The second-order valence-corrected chi connectivity index (χ2v) is 4.63. The minimum absolute atomic E-state index is 0.112. The maximum atomic E-state index is 12.3. The smallest absolute Gasteiger partial charge is 0.166 e. The van der Waals surface area contributed by atoms with Crippen molar-refractivity contribution < 1.29 is 9.53 Å². The van der Waals surface area contributed by atoms with E-state index in [1.807, 2.05) is 43.3 Å². The van der Waals surface area contributed by atoms with Gasteiger partial charge in [-0.25, -0.2) is 0 Å². The van der Waals surface area contributed by atoms with Crippen LogP contribution in [0.4, 0.5) is 0 Å². The van der Waals surface area contributed by atoms with E-state index >= 15 is 0 Å². The van der Waals surface area contributed by atoms with Gasteiger partial charge in [-0.3, -0.25) is 9.78 Å². The average molecular weight is 269 g/mol. The molecule has 0 N–H and O–H groups in total. The SMILES string of the molecule is CCCOc1ccccc1C(=O)CCc1cccnc1. The Bertz CT molecular complexity index is 552. The summed E-state index contributed by atoms with van der Waals surface area (Å²) < 4.78 is 5.63. The third kappa shape index (κ3) is 3.92. The number of Topliss-reactive ketones (excluding diaryl/α,β-unsaturated/α-hetero) is 1. The predicted octanol–water partition coefficient (Wildman–Crippen LogP) is 3.69. The topological polar surface area (TPSA) is 39.2 Å². The van der Waals surface area contributed by atoms with E-state index in [9.17, 15) is 4.79 Å². The van der Waals surface area contributed by atoms with Crippen molar-refractivity contribution in [2.24, 2.45) is 0 Å². The van der Waals surface area contributed by atoms with Gasteiger partial charge in [-0.2, -0.15) is 0 Å². The molecule has 2 rings (SSSR count). The van der Waals surface area contributed by atoms with Crippen LogP contribution >= 0.6 is 0 Å². The Morgan fingerprint density at radius 1 is 1.20 bits per heavy atom. The number of ketones is 1. The number of aromatic nitrogens is 1. The van der Waals surface area contributed by atoms with E-state index < -0.39 is 0 Å². The molecule has 104 valence electrons. The van der Waals surface area contributed by atoms with Gasteiger partial charge in [0.25, 0.3) is 0 Å². The number of aryl methyl sites for hydroxylation is 1. The maximum Gasteiger partial charge on any atom is 0.166 e. The first-order chi connectivity index (χ1) is 9.81. The maximum absolute atomic E-state index is 12.3. The third-order valence-corrected chi connectivity index (χ3v) is 3.01. The number of carbonyl (C=O) groups excluding carboxylic acids is 1. The Morgan fingerprint density at radius 2 is 2.05 bits per heavy atom. The molecule has 0 bridgehead atoms. The Morgan fingerprint density at radius 3 is 2.80 bits per heavy atom. The van der Waals surface area contributed by atoms with Gasteiger partial charge in [0.1, 0.15) is 5.75 Å². The first-order valence-corrected chi connectivity index (χ1v) is 6.95. The van der Waals surface area contributed by atoms with E-state index in [4.69, 9.17) is 4.74 Å². The van der Waals surface area contributed by atoms with Gasteiger partial charge in [0, 0.05) is 18.8 Å². The highest BCUT2D eigenvalue weighted by Gasteiger charge is 2.11. The monoisotopic (exact) mass is 269 g/mol. The van der Waals surface area contributed by atoms with Gasteiger partial charge in [0.2, 0.25) is 0 Å². The van der Waals surface area contributed by atoms with Crippen LogP contribution in [0.2, 0.25) is 0 Å². The third-order valence-electron chi connectivity index (χ3n) is 3.01. The Kier molecular flexibility index (Phi) is 5.30. The lowest BCUT2D eigenvalue weighted by Gasteiger charge is -2.09. The molecule has 20 heavy (non-hydrogen) atoms. The Hall–Kier alpha value is -2.16. The quantitative estimate of drug-likeness (QED) is 0.720. The summed E-state index contributed by atoms with van der Waals surface area (Å²) in [6.45, 7) is 2.68. The summed E-state index contributed by atoms with van der Waals surface area (Å²) in [6, 6.07) is 11.3. The summed E-state index contributed by atoms with van der Waals surface area (Å²) in [5.41, 5.74) is 1.75. The molecule has 3 heteroatoms. The zero-order chi connectivity index (χ0) is 14.2. The molecule has 0 aliphatic heterocycles. The molecule has 1 aromatic heterocycles. The fourth-order valence-corrected chi connectivity index (χ4v) is 1.97. The fraction of sp³-hybridized carbons (Fsp3) is 0.294. The summed E-state index contributed by atoms with van der Waals surface area (Å²) >= 11 is 0. The van der Waals surface area contributed by atoms with Crippen molar-refractivity contribution >= 4 is 5.78 Å². The van der Waals surface area contributed by atoms with Crippen molar-refractivity contribution in [1.29, 1.82) is 0 Å². The minimum Gasteiger partial charge on any atom is -0.493 e. The highest BCUT2D eigenvalue weighted by molar-refractivity contribution is 5.98. The van der Waals surface area contributed by atoms with E-state index in [-0.39, 0.29) is 5.78 Å². The van der Waals surface area contributed by atoms with Crippen LogP contribution in [0.5, 0.6) is 5.75 Å². The molecule has 0 radical (unpaired) electrons. The van der Waals surface area contributed by atoms with Crippen molar-refractivity contribution in [3.63, 3.8) is 0 Å². The van der Waals surface area contributed by atoms with Crippen LogP contribution in [0.1, 0.15) is 35.7 Å². The molecule has 0 spiro atoms. The number of hydrogen-bond donors (Lipinski definition) is 0. The number of para-hydroxylation sites is 1. The van der Waals surface area contributed by atoms with Crippen LogP contribution in [0.3, 0.4) is 0 Å². The Balaban J connectivity index is 2.01. The second-order valence-electron chi connectivity index (χ2n) is 4.63. The van der Waals surface area contributed by atoms with Crippen molar-refractivity contribution in [3.8, 4) is 5.75 Å². The zero-order valence-electron chi connectivity index (χ0n) is 11.7. The molecular weight excluding hydrogens is 250 g/mol. The molecule has 0 amide bonds. The number of nitrogens with zero attached hydrogens (tertiary/aromatic N) is 1. The minimum atomic E-state index is 0.112. The molecule has 0 saturated carbocycles. The van der Waals surface area contributed by atoms with Crippen LogP contribution < -0.4 is 4.74 Å². The van der Waals surface area contributed by atoms with Gasteiger partial charge in [-0.1, -0.05) is 25.1 Å². The standard InChI is InChI=1S/C17H19NO2/c1-2-12-20-17-8-4-3-7-15(17)16(19)10-9-14-6-5-11-18-13-14/h3-8,11,13H,2,9-10,12H2,1H3. The summed E-state index contributed by atoms with van der Waals surface area (Å²) in [5.74, 6) is 0.797. The fourth-order valence-electron chi connectivity index (χ4n) is 1.97. The molecular formula is C17H19NO2. The van der Waals surface area contributed by atoms with Crippen LogP contribution in [-0.4, -0.2) is 17.4 Å². The van der Waals surface area contributed by atoms with Crippen molar-refractivity contribution in [1.82, 2.24) is 4.98 Å². The number of hydrogen-bond acceptors (Lipinski definition) is 3. The van der Waals surface area contributed by atoms with Crippen LogP contribution in [0.25, 0.3) is 0 Å². The Labute approximate surface area is 119 Å². The van der Waals surface area contributed by atoms with Gasteiger partial charge in [0.05, 0.1) is 12.2 Å². The van der Waals surface area contributed by atoms with E-state index in [0.29, 0.717) is 30.8 Å². The molecule has 0 saturated heterocycles. The van der Waals surface area contributed by atoms with E-state index in [2.05, 4.69) is 4.98 Å². The van der Waals surface area contributed by atoms with E-state index in [1.54, 1.807) is 12.4 Å². The van der Waals surface area contributed by atoms with E-state index in [1.165, 1.54) is 0 Å². The molecule has 0 fully saturated rings. The number of rotatable bonds is 7. The largest absolute Gasteiger partial charge is 0.493 e. The number of benzene rings is 1. The first kappa shape index (κ1) is 14.3. The summed E-state index contributed by atoms with van der Waals surface area (Å²) in [5, 5.41) is 0. The van der Waals surface area contributed by atoms with Gasteiger partial charge >= 0.3 is 0 Å². The highest BCUT2D eigenvalue weighted by Crippen LogP contribution is 2.20. The van der Waals surface area contributed by atoms with Crippen molar-refractivity contribution in [2.45, 2.75) is 26.2 Å². The van der Waals surface area contributed by atoms with Gasteiger partial charge in [-0.05, 0) is 36.6 Å². The predicted molar refractivity (Wildman–Crippen MR) is 79.1 cm³/mol. The van der Waals surface area contributed by atoms with Crippen LogP contribution in [-0.2, 0) is 6.42 Å². The summed E-state index contributed by atoms with van der Waals surface area (Å²) in [7, 11) is 0. The molecule has 0 unspecified atom stereocenters. The number of ether oxygens (including phenoxy) is 1. The summed E-state index contributed by atoms with van der Waals surface area (Å²) in [6.07, 6.45) is 5.64. The van der Waals surface area contributed by atoms with Crippen molar-refractivity contribution in [3.05, 3.63) is 59.9 Å². The molecule has 0 aliphatic rings. The molecule has 0 aliphatic carbocycles. The van der Waals surface area contributed by atoms with Gasteiger partial charge in [0.15, 0.2) is 5.78 Å². The lowest BCUT2D eigenvalue weighted by molar-refractivity contribution is 0.0979. The second kappa shape index (κ2) is 7.43. The van der Waals surface area contributed by atoms with Gasteiger partial charge in [-0.15, -0.1) is 0 Å². The van der Waals surface area contributed by atoms with Gasteiger partial charge < -0.3 is 4.74 Å². The lowest BCUT2D eigenvalue weighted by atomic mass is 10.0. The molecule has 1 aromatic carbocycles. The average Bonchev–Trinajstić information content (AvgIpc) is 2.52. The van der Waals surface area contributed by atoms with Crippen LogP contribution in [0, 0.1) is 0 Å².